The van der Waals surface area contributed by atoms with Crippen molar-refractivity contribution < 1.29 is 9.59 Å². The van der Waals surface area contributed by atoms with Gasteiger partial charge in [-0.3, -0.25) is 14.6 Å². The molecule has 0 saturated heterocycles. The number of benzene rings is 2. The summed E-state index contributed by atoms with van der Waals surface area (Å²) >= 11 is 0. The van der Waals surface area contributed by atoms with Gasteiger partial charge in [0.2, 0.25) is 0 Å². The van der Waals surface area contributed by atoms with E-state index in [-0.39, 0.29) is 17.2 Å². The van der Waals surface area contributed by atoms with E-state index in [2.05, 4.69) is 36.4 Å². The molecule has 0 atom stereocenters. The van der Waals surface area contributed by atoms with Crippen LogP contribution in [0.3, 0.4) is 0 Å². The highest BCUT2D eigenvalue weighted by atomic mass is 16.2. The second kappa shape index (κ2) is 8.69. The lowest BCUT2D eigenvalue weighted by atomic mass is 9.87. The Kier molecular flexibility index (Phi) is 6.07. The quantitative estimate of drug-likeness (QED) is 0.674. The lowest BCUT2D eigenvalue weighted by Crippen LogP contribution is -2.23. The van der Waals surface area contributed by atoms with E-state index < -0.39 is 0 Å². The largest absolute Gasteiger partial charge is 0.348 e. The van der Waals surface area contributed by atoms with E-state index >= 15 is 0 Å². The van der Waals surface area contributed by atoms with Gasteiger partial charge in [-0.25, -0.2) is 0 Å². The van der Waals surface area contributed by atoms with Gasteiger partial charge in [-0.05, 0) is 52.9 Å². The summed E-state index contributed by atoms with van der Waals surface area (Å²) in [4.78, 5) is 28.6. The van der Waals surface area contributed by atoms with E-state index in [9.17, 15) is 9.59 Å². The number of hydrogen-bond acceptors (Lipinski definition) is 3. The van der Waals surface area contributed by atoms with Gasteiger partial charge in [0.05, 0.1) is 5.56 Å². The smallest absolute Gasteiger partial charge is 0.255 e. The predicted octanol–water partition coefficient (Wildman–Crippen LogP) is 4.56. The SMILES string of the molecule is CC(C)(C)c1ccc(C(=O)Nc2cccc(CNC(=O)c3cccnc3)c2)cc1. The van der Waals surface area contributed by atoms with Gasteiger partial charge in [-0.15, -0.1) is 0 Å². The Labute approximate surface area is 171 Å². The average molecular weight is 387 g/mol. The number of carbonyl (C=O) groups is 2. The second-order valence-corrected chi connectivity index (χ2v) is 7.91. The van der Waals surface area contributed by atoms with Crippen molar-refractivity contribution in [2.45, 2.75) is 32.7 Å². The summed E-state index contributed by atoms with van der Waals surface area (Å²) in [5, 5.41) is 5.77. The molecule has 5 heteroatoms. The molecule has 148 valence electrons. The molecular weight excluding hydrogens is 362 g/mol. The Morgan fingerprint density at radius 1 is 0.897 bits per heavy atom. The van der Waals surface area contributed by atoms with Crippen LogP contribution in [0.2, 0.25) is 0 Å². The van der Waals surface area contributed by atoms with Gasteiger partial charge < -0.3 is 10.6 Å². The maximum absolute atomic E-state index is 12.5. The molecule has 0 saturated carbocycles. The van der Waals surface area contributed by atoms with E-state index in [1.165, 1.54) is 11.8 Å². The number of anilines is 1. The van der Waals surface area contributed by atoms with Crippen molar-refractivity contribution in [3.8, 4) is 0 Å². The molecule has 0 radical (unpaired) electrons. The molecule has 5 nitrogen and oxygen atoms in total. The summed E-state index contributed by atoms with van der Waals surface area (Å²) in [5.41, 5.74) is 3.92. The first-order valence-corrected chi connectivity index (χ1v) is 9.52. The van der Waals surface area contributed by atoms with Crippen LogP contribution in [0, 0.1) is 0 Å². The van der Waals surface area contributed by atoms with Crippen molar-refractivity contribution in [2.75, 3.05) is 5.32 Å². The van der Waals surface area contributed by atoms with Crippen LogP contribution in [0.1, 0.15) is 52.6 Å². The fourth-order valence-electron chi connectivity index (χ4n) is 2.87. The molecule has 2 amide bonds. The summed E-state index contributed by atoms with van der Waals surface area (Å²) in [6.07, 6.45) is 3.15. The minimum absolute atomic E-state index is 0.0452. The molecule has 1 aromatic heterocycles. The number of pyridine rings is 1. The number of nitrogens with one attached hydrogen (secondary N) is 2. The Morgan fingerprint density at radius 3 is 2.31 bits per heavy atom. The first-order chi connectivity index (χ1) is 13.8. The van der Waals surface area contributed by atoms with Gasteiger partial charge in [0.1, 0.15) is 0 Å². The molecule has 29 heavy (non-hydrogen) atoms. The number of carbonyl (C=O) groups excluding carboxylic acids is 2. The van der Waals surface area contributed by atoms with Gasteiger partial charge in [0.25, 0.3) is 11.8 Å². The molecule has 3 rings (SSSR count). The second-order valence-electron chi connectivity index (χ2n) is 7.91. The predicted molar refractivity (Wildman–Crippen MR) is 115 cm³/mol. The summed E-state index contributed by atoms with van der Waals surface area (Å²) in [6.45, 7) is 6.78. The zero-order valence-electron chi connectivity index (χ0n) is 16.9. The Morgan fingerprint density at radius 2 is 1.66 bits per heavy atom. The summed E-state index contributed by atoms with van der Waals surface area (Å²) in [5.74, 6) is -0.353. The average Bonchev–Trinajstić information content (AvgIpc) is 2.72. The fraction of sp³-hybridized carbons (Fsp3) is 0.208. The normalized spacial score (nSPS) is 11.0. The first-order valence-electron chi connectivity index (χ1n) is 9.52. The Balaban J connectivity index is 1.62. The van der Waals surface area contributed by atoms with Crippen LogP contribution in [0.15, 0.2) is 73.1 Å². The zero-order valence-corrected chi connectivity index (χ0v) is 16.9. The lowest BCUT2D eigenvalue weighted by molar-refractivity contribution is 0.0949. The van der Waals surface area contributed by atoms with Gasteiger partial charge in [0, 0.05) is 30.2 Å². The third kappa shape index (κ3) is 5.51. The summed E-state index contributed by atoms with van der Waals surface area (Å²) in [7, 11) is 0. The van der Waals surface area contributed by atoms with Crippen molar-refractivity contribution >= 4 is 17.5 Å². The molecule has 0 fully saturated rings. The van der Waals surface area contributed by atoms with E-state index in [1.54, 1.807) is 18.3 Å². The maximum atomic E-state index is 12.5. The van der Waals surface area contributed by atoms with E-state index in [0.717, 1.165) is 5.56 Å². The number of nitrogens with zero attached hydrogens (tertiary/aromatic N) is 1. The molecule has 0 bridgehead atoms. The van der Waals surface area contributed by atoms with Gasteiger partial charge in [-0.1, -0.05) is 45.0 Å². The standard InChI is InChI=1S/C24H25N3O2/c1-24(2,3)20-11-9-18(10-12-20)23(29)27-21-8-4-6-17(14-21)15-26-22(28)19-7-5-13-25-16-19/h4-14,16H,15H2,1-3H3,(H,26,28)(H,27,29). The molecule has 0 aliphatic rings. The summed E-state index contributed by atoms with van der Waals surface area (Å²) in [6, 6.07) is 18.5. The van der Waals surface area contributed by atoms with E-state index in [0.29, 0.717) is 23.4 Å². The van der Waals surface area contributed by atoms with Crippen molar-refractivity contribution in [1.82, 2.24) is 10.3 Å². The third-order valence-electron chi connectivity index (χ3n) is 4.57. The topological polar surface area (TPSA) is 71.1 Å². The van der Waals surface area contributed by atoms with Gasteiger partial charge in [-0.2, -0.15) is 0 Å². The Hall–Kier alpha value is -3.47. The molecule has 3 aromatic rings. The number of aromatic nitrogens is 1. The molecule has 0 unspecified atom stereocenters. The van der Waals surface area contributed by atoms with Crippen LogP contribution in [0.25, 0.3) is 0 Å². The van der Waals surface area contributed by atoms with E-state index in [4.69, 9.17) is 0 Å². The zero-order chi connectivity index (χ0) is 20.9. The summed E-state index contributed by atoms with van der Waals surface area (Å²) < 4.78 is 0. The molecule has 2 aromatic carbocycles. The molecule has 1 heterocycles. The van der Waals surface area contributed by atoms with Crippen molar-refractivity contribution in [3.63, 3.8) is 0 Å². The molecule has 0 spiro atoms. The lowest BCUT2D eigenvalue weighted by Gasteiger charge is -2.19. The monoisotopic (exact) mass is 387 g/mol. The van der Waals surface area contributed by atoms with Crippen LogP contribution >= 0.6 is 0 Å². The van der Waals surface area contributed by atoms with E-state index in [1.807, 2.05) is 48.5 Å². The number of hydrogen-bond donors (Lipinski definition) is 2. The molecule has 0 aliphatic carbocycles. The first kappa shape index (κ1) is 20.3. The minimum Gasteiger partial charge on any atom is -0.348 e. The highest BCUT2D eigenvalue weighted by Crippen LogP contribution is 2.22. The van der Waals surface area contributed by atoms with Crippen LogP contribution in [-0.4, -0.2) is 16.8 Å². The van der Waals surface area contributed by atoms with Crippen molar-refractivity contribution in [2.24, 2.45) is 0 Å². The van der Waals surface area contributed by atoms with Crippen LogP contribution in [0.5, 0.6) is 0 Å². The molecular formula is C24H25N3O2. The highest BCUT2D eigenvalue weighted by molar-refractivity contribution is 6.04. The van der Waals surface area contributed by atoms with Crippen molar-refractivity contribution in [3.05, 3.63) is 95.3 Å². The third-order valence-corrected chi connectivity index (χ3v) is 4.57. The minimum atomic E-state index is -0.188. The van der Waals surface area contributed by atoms with Crippen LogP contribution < -0.4 is 10.6 Å². The molecule has 0 aliphatic heterocycles. The van der Waals surface area contributed by atoms with Gasteiger partial charge >= 0.3 is 0 Å². The molecule has 2 N–H and O–H groups in total. The number of rotatable bonds is 5. The van der Waals surface area contributed by atoms with Crippen molar-refractivity contribution in [1.29, 1.82) is 0 Å². The van der Waals surface area contributed by atoms with Crippen LogP contribution in [0.4, 0.5) is 5.69 Å². The maximum Gasteiger partial charge on any atom is 0.255 e. The van der Waals surface area contributed by atoms with Crippen LogP contribution in [-0.2, 0) is 12.0 Å². The Bertz CT molecular complexity index is 991. The fourth-order valence-corrected chi connectivity index (χ4v) is 2.87. The van der Waals surface area contributed by atoms with Gasteiger partial charge in [0.15, 0.2) is 0 Å². The highest BCUT2D eigenvalue weighted by Gasteiger charge is 2.14. The number of amides is 2.